The zero-order valence-electron chi connectivity index (χ0n) is 6.89. The number of benzene rings is 1. The van der Waals surface area contributed by atoms with Gasteiger partial charge in [-0.2, -0.15) is 0 Å². The Kier molecular flexibility index (Phi) is 2.47. The molecule has 1 aromatic rings. The first kappa shape index (κ1) is 8.27. The molecule has 12 heavy (non-hydrogen) atoms. The number of nitrogens with one attached hydrogen (secondary N) is 1. The molecule has 1 atom stereocenters. The summed E-state index contributed by atoms with van der Waals surface area (Å²) in [6.07, 6.45) is 1.28. The van der Waals surface area contributed by atoms with Crippen LogP contribution in [0, 0.1) is 0 Å². The molecule has 0 radical (unpaired) electrons. The maximum atomic E-state index is 3.44. The average Bonchev–Trinajstić information content (AvgIpc) is 2.58. The van der Waals surface area contributed by atoms with Crippen LogP contribution >= 0.6 is 15.9 Å². The lowest BCUT2D eigenvalue weighted by Crippen LogP contribution is -2.07. The fourth-order valence-electron chi connectivity index (χ4n) is 1.67. The van der Waals surface area contributed by atoms with Crippen molar-refractivity contribution in [1.82, 2.24) is 5.32 Å². The maximum Gasteiger partial charge on any atom is 0.0175 e. The molecule has 1 nitrogen and oxygen atoms in total. The lowest BCUT2D eigenvalue weighted by molar-refractivity contribution is 0.763. The summed E-state index contributed by atoms with van der Waals surface area (Å²) in [5, 5.41) is 3.37. The number of rotatable bonds is 1. The Morgan fingerprint density at radius 1 is 1.25 bits per heavy atom. The number of hydrogen-bond acceptors (Lipinski definition) is 1. The van der Waals surface area contributed by atoms with Crippen LogP contribution in [0.1, 0.15) is 17.9 Å². The second kappa shape index (κ2) is 3.58. The van der Waals surface area contributed by atoms with Crippen molar-refractivity contribution >= 4 is 15.9 Å². The summed E-state index contributed by atoms with van der Waals surface area (Å²) < 4.78 is 1.16. The molecule has 1 saturated heterocycles. The highest BCUT2D eigenvalue weighted by molar-refractivity contribution is 9.10. The van der Waals surface area contributed by atoms with Gasteiger partial charge in [0.05, 0.1) is 0 Å². The van der Waals surface area contributed by atoms with Gasteiger partial charge in [-0.05, 0) is 36.6 Å². The lowest BCUT2D eigenvalue weighted by atomic mass is 9.99. The zero-order valence-corrected chi connectivity index (χ0v) is 8.47. The van der Waals surface area contributed by atoms with E-state index in [1.807, 2.05) is 0 Å². The third kappa shape index (κ3) is 1.70. The zero-order chi connectivity index (χ0) is 8.39. The lowest BCUT2D eigenvalue weighted by Gasteiger charge is -2.07. The van der Waals surface area contributed by atoms with Gasteiger partial charge in [0.2, 0.25) is 0 Å². The summed E-state index contributed by atoms with van der Waals surface area (Å²) in [6, 6.07) is 8.66. The molecule has 2 rings (SSSR count). The smallest absolute Gasteiger partial charge is 0.0175 e. The van der Waals surface area contributed by atoms with E-state index in [-0.39, 0.29) is 0 Å². The quantitative estimate of drug-likeness (QED) is 0.775. The van der Waals surface area contributed by atoms with Crippen LogP contribution in [0.3, 0.4) is 0 Å². The molecule has 1 heterocycles. The Morgan fingerprint density at radius 3 is 2.58 bits per heavy atom. The predicted molar refractivity (Wildman–Crippen MR) is 54.4 cm³/mol. The van der Waals surface area contributed by atoms with Gasteiger partial charge in [-0.25, -0.2) is 0 Å². The Labute approximate surface area is 81.3 Å². The van der Waals surface area contributed by atoms with Crippen molar-refractivity contribution in [3.05, 3.63) is 34.3 Å². The van der Waals surface area contributed by atoms with Crippen molar-refractivity contribution < 1.29 is 0 Å². The van der Waals surface area contributed by atoms with Gasteiger partial charge >= 0.3 is 0 Å². The van der Waals surface area contributed by atoms with E-state index in [2.05, 4.69) is 45.5 Å². The van der Waals surface area contributed by atoms with Gasteiger partial charge in [-0.15, -0.1) is 0 Å². The molecule has 1 unspecified atom stereocenters. The molecule has 0 aliphatic carbocycles. The minimum atomic E-state index is 0.734. The average molecular weight is 226 g/mol. The second-order valence-corrected chi connectivity index (χ2v) is 4.16. The van der Waals surface area contributed by atoms with Gasteiger partial charge in [0.1, 0.15) is 0 Å². The van der Waals surface area contributed by atoms with Gasteiger partial charge < -0.3 is 5.32 Å². The normalized spacial score (nSPS) is 22.9. The molecule has 0 amide bonds. The first-order valence-electron chi connectivity index (χ1n) is 4.32. The highest BCUT2D eigenvalue weighted by atomic mass is 79.9. The monoisotopic (exact) mass is 225 g/mol. The van der Waals surface area contributed by atoms with Crippen LogP contribution in [0.4, 0.5) is 0 Å². The standard InChI is InChI=1S/C10H12BrN/c11-10-3-1-8(2-4-10)9-5-6-12-7-9/h1-4,9,12H,5-7H2. The topological polar surface area (TPSA) is 12.0 Å². The molecule has 2 heteroatoms. The minimum absolute atomic E-state index is 0.734. The molecular weight excluding hydrogens is 214 g/mol. The molecule has 0 bridgehead atoms. The molecule has 64 valence electrons. The fraction of sp³-hybridized carbons (Fsp3) is 0.400. The first-order valence-corrected chi connectivity index (χ1v) is 5.12. The van der Waals surface area contributed by atoms with E-state index in [1.54, 1.807) is 0 Å². The van der Waals surface area contributed by atoms with Gasteiger partial charge in [0, 0.05) is 11.0 Å². The second-order valence-electron chi connectivity index (χ2n) is 3.24. The highest BCUT2D eigenvalue weighted by Crippen LogP contribution is 2.23. The van der Waals surface area contributed by atoms with Crippen molar-refractivity contribution in [1.29, 1.82) is 0 Å². The SMILES string of the molecule is Brc1ccc(C2CCNC2)cc1. The Balaban J connectivity index is 2.17. The van der Waals surface area contributed by atoms with Crippen molar-refractivity contribution in [3.63, 3.8) is 0 Å². The molecule has 0 aromatic heterocycles. The van der Waals surface area contributed by atoms with Gasteiger partial charge in [0.25, 0.3) is 0 Å². The minimum Gasteiger partial charge on any atom is -0.316 e. The Bertz CT molecular complexity index is 249. The van der Waals surface area contributed by atoms with Crippen molar-refractivity contribution in [2.45, 2.75) is 12.3 Å². The largest absolute Gasteiger partial charge is 0.316 e. The third-order valence-corrected chi connectivity index (χ3v) is 2.93. The van der Waals surface area contributed by atoms with E-state index in [0.29, 0.717) is 0 Å². The summed E-state index contributed by atoms with van der Waals surface area (Å²) in [6.45, 7) is 2.31. The highest BCUT2D eigenvalue weighted by Gasteiger charge is 2.15. The molecule has 1 aromatic carbocycles. The van der Waals surface area contributed by atoms with Crippen LogP contribution in [0.5, 0.6) is 0 Å². The van der Waals surface area contributed by atoms with Gasteiger partial charge in [0.15, 0.2) is 0 Å². The predicted octanol–water partition coefficient (Wildman–Crippen LogP) is 2.53. The summed E-state index contributed by atoms with van der Waals surface area (Å²) >= 11 is 3.44. The van der Waals surface area contributed by atoms with E-state index in [1.165, 1.54) is 18.5 Å². The molecule has 1 aliphatic rings. The van der Waals surface area contributed by atoms with E-state index in [9.17, 15) is 0 Å². The summed E-state index contributed by atoms with van der Waals surface area (Å²) in [4.78, 5) is 0. The summed E-state index contributed by atoms with van der Waals surface area (Å²) in [7, 11) is 0. The van der Waals surface area contributed by atoms with Crippen LogP contribution < -0.4 is 5.32 Å². The number of hydrogen-bond donors (Lipinski definition) is 1. The Morgan fingerprint density at radius 2 is 2.00 bits per heavy atom. The van der Waals surface area contributed by atoms with Crippen molar-refractivity contribution in [2.75, 3.05) is 13.1 Å². The summed E-state index contributed by atoms with van der Waals surface area (Å²) in [5.41, 5.74) is 1.46. The Hall–Kier alpha value is -0.340. The van der Waals surface area contributed by atoms with Crippen molar-refractivity contribution in [3.8, 4) is 0 Å². The van der Waals surface area contributed by atoms with Crippen LogP contribution in [-0.2, 0) is 0 Å². The first-order chi connectivity index (χ1) is 5.86. The molecule has 1 fully saturated rings. The van der Waals surface area contributed by atoms with E-state index in [4.69, 9.17) is 0 Å². The number of halogens is 1. The van der Waals surface area contributed by atoms with Gasteiger partial charge in [-0.1, -0.05) is 28.1 Å². The van der Waals surface area contributed by atoms with E-state index in [0.717, 1.165) is 16.9 Å². The molecule has 1 N–H and O–H groups in total. The summed E-state index contributed by atoms with van der Waals surface area (Å²) in [5.74, 6) is 0.734. The van der Waals surface area contributed by atoms with E-state index < -0.39 is 0 Å². The molecule has 1 aliphatic heterocycles. The van der Waals surface area contributed by atoms with Crippen LogP contribution in [0.15, 0.2) is 28.7 Å². The van der Waals surface area contributed by atoms with Crippen LogP contribution in [0.25, 0.3) is 0 Å². The molecular formula is C10H12BrN. The van der Waals surface area contributed by atoms with Crippen molar-refractivity contribution in [2.24, 2.45) is 0 Å². The van der Waals surface area contributed by atoms with Crippen LogP contribution in [-0.4, -0.2) is 13.1 Å². The molecule has 0 saturated carbocycles. The third-order valence-electron chi connectivity index (χ3n) is 2.40. The fourth-order valence-corrected chi connectivity index (χ4v) is 1.94. The molecule has 0 spiro atoms. The maximum absolute atomic E-state index is 3.44. The van der Waals surface area contributed by atoms with Gasteiger partial charge in [-0.3, -0.25) is 0 Å². The van der Waals surface area contributed by atoms with Crippen LogP contribution in [0.2, 0.25) is 0 Å². The van der Waals surface area contributed by atoms with E-state index >= 15 is 0 Å².